The molecule has 2 heterocycles. The van der Waals surface area contributed by atoms with Crippen LogP contribution in [0.3, 0.4) is 0 Å². The number of carbonyl (C=O) groups is 2. The minimum absolute atomic E-state index is 0.0371. The zero-order chi connectivity index (χ0) is 23.8. The molecule has 1 aromatic heterocycles. The van der Waals surface area contributed by atoms with Crippen molar-refractivity contribution in [3.63, 3.8) is 0 Å². The quantitative estimate of drug-likeness (QED) is 0.423. The van der Waals surface area contributed by atoms with Crippen LogP contribution in [0.5, 0.6) is 0 Å². The third-order valence-electron chi connectivity index (χ3n) is 5.92. The number of carboxylic acid groups (broad SMARTS) is 1. The Bertz CT molecular complexity index is 948. The topological polar surface area (TPSA) is 104 Å². The van der Waals surface area contributed by atoms with Gasteiger partial charge < -0.3 is 25.4 Å². The summed E-state index contributed by atoms with van der Waals surface area (Å²) in [5, 5.41) is 15.4. The fourth-order valence-corrected chi connectivity index (χ4v) is 4.34. The summed E-state index contributed by atoms with van der Waals surface area (Å²) in [5.41, 5.74) is 2.95. The predicted molar refractivity (Wildman–Crippen MR) is 130 cm³/mol. The Kier molecular flexibility index (Phi) is 8.91. The molecule has 2 aromatic rings. The van der Waals surface area contributed by atoms with Crippen molar-refractivity contribution in [2.75, 3.05) is 35.3 Å². The van der Waals surface area contributed by atoms with Gasteiger partial charge in [0.15, 0.2) is 0 Å². The molecule has 0 bridgehead atoms. The lowest BCUT2D eigenvalue weighted by Gasteiger charge is -2.36. The number of carbonyl (C=O) groups excluding carboxylic acids is 1. The molecule has 1 atom stereocenters. The van der Waals surface area contributed by atoms with E-state index in [-0.39, 0.29) is 12.3 Å². The number of urea groups is 1. The van der Waals surface area contributed by atoms with Crippen LogP contribution in [0.4, 0.5) is 21.9 Å². The molecule has 1 saturated heterocycles. The second kappa shape index (κ2) is 11.9. The molecule has 0 radical (unpaired) electrons. The fraction of sp³-hybridized carbons (Fsp3) is 0.458. The molecule has 1 aromatic carbocycles. The van der Waals surface area contributed by atoms with Crippen LogP contribution in [0.15, 0.2) is 36.5 Å². The Morgan fingerprint density at radius 1 is 1.21 bits per heavy atom. The van der Waals surface area contributed by atoms with E-state index in [0.29, 0.717) is 42.2 Å². The van der Waals surface area contributed by atoms with Gasteiger partial charge >= 0.3 is 12.0 Å². The number of hydrogen-bond acceptors (Lipinski definition) is 5. The normalized spacial score (nSPS) is 15.0. The first-order valence-electron chi connectivity index (χ1n) is 11.3. The lowest BCUT2D eigenvalue weighted by molar-refractivity contribution is -0.137. The largest absolute Gasteiger partial charge is 0.481 e. The predicted octanol–water partition coefficient (Wildman–Crippen LogP) is 5.35. The second-order valence-electron chi connectivity index (χ2n) is 8.06. The number of anilines is 3. The molecule has 0 aliphatic carbocycles. The summed E-state index contributed by atoms with van der Waals surface area (Å²) in [7, 11) is 0. The highest BCUT2D eigenvalue weighted by Crippen LogP contribution is 2.35. The molecular formula is C24H31ClN4O4. The molecule has 0 saturated carbocycles. The average Bonchev–Trinajstić information content (AvgIpc) is 2.81. The molecule has 0 unspecified atom stereocenters. The molecule has 1 aliphatic rings. The van der Waals surface area contributed by atoms with Crippen molar-refractivity contribution in [2.45, 2.75) is 51.5 Å². The number of pyridine rings is 1. The summed E-state index contributed by atoms with van der Waals surface area (Å²) < 4.78 is 5.52. The monoisotopic (exact) mass is 474 g/mol. The van der Waals surface area contributed by atoms with Crippen LogP contribution in [0.2, 0.25) is 5.15 Å². The van der Waals surface area contributed by atoms with Gasteiger partial charge in [0, 0.05) is 25.8 Å². The number of rotatable bonds is 9. The molecule has 3 rings (SSSR count). The van der Waals surface area contributed by atoms with Crippen molar-refractivity contribution in [2.24, 2.45) is 0 Å². The summed E-state index contributed by atoms with van der Waals surface area (Å²) >= 11 is 5.82. The van der Waals surface area contributed by atoms with E-state index in [1.807, 2.05) is 25.1 Å². The number of halogens is 1. The van der Waals surface area contributed by atoms with Gasteiger partial charge in [0.1, 0.15) is 5.15 Å². The van der Waals surface area contributed by atoms with Gasteiger partial charge in [0.2, 0.25) is 0 Å². The summed E-state index contributed by atoms with van der Waals surface area (Å²) in [4.78, 5) is 30.4. The van der Waals surface area contributed by atoms with Gasteiger partial charge in [0.25, 0.3) is 0 Å². The van der Waals surface area contributed by atoms with E-state index < -0.39 is 12.0 Å². The fourth-order valence-electron chi connectivity index (χ4n) is 4.22. The molecule has 0 spiro atoms. The van der Waals surface area contributed by atoms with Crippen molar-refractivity contribution < 1.29 is 19.4 Å². The van der Waals surface area contributed by atoms with Crippen molar-refractivity contribution >= 4 is 40.7 Å². The summed E-state index contributed by atoms with van der Waals surface area (Å²) in [5.74, 6) is -0.982. The summed E-state index contributed by atoms with van der Waals surface area (Å²) in [6.07, 6.45) is 4.03. The van der Waals surface area contributed by atoms with Crippen LogP contribution in [-0.4, -0.2) is 47.9 Å². The van der Waals surface area contributed by atoms with E-state index in [0.717, 1.165) is 30.6 Å². The van der Waals surface area contributed by atoms with E-state index >= 15 is 0 Å². The van der Waals surface area contributed by atoms with Crippen molar-refractivity contribution in [1.29, 1.82) is 0 Å². The number of carboxylic acids is 1. The number of benzene rings is 1. The number of amides is 2. The highest BCUT2D eigenvalue weighted by atomic mass is 35.5. The highest BCUT2D eigenvalue weighted by Gasteiger charge is 2.24. The maximum absolute atomic E-state index is 12.8. The Hall–Kier alpha value is -2.84. The van der Waals surface area contributed by atoms with Gasteiger partial charge in [-0.2, -0.15) is 0 Å². The minimum Gasteiger partial charge on any atom is -0.481 e. The smallest absolute Gasteiger partial charge is 0.323 e. The van der Waals surface area contributed by atoms with Crippen LogP contribution in [0.1, 0.15) is 51.0 Å². The van der Waals surface area contributed by atoms with E-state index in [9.17, 15) is 14.7 Å². The van der Waals surface area contributed by atoms with Gasteiger partial charge in [-0.1, -0.05) is 24.6 Å². The maximum atomic E-state index is 12.8. The second-order valence-corrected chi connectivity index (χ2v) is 8.45. The number of nitrogens with zero attached hydrogens (tertiary/aromatic N) is 2. The highest BCUT2D eigenvalue weighted by molar-refractivity contribution is 6.29. The van der Waals surface area contributed by atoms with Crippen molar-refractivity contribution in [1.82, 2.24) is 4.98 Å². The number of aromatic nitrogens is 1. The Morgan fingerprint density at radius 2 is 1.97 bits per heavy atom. The number of aliphatic carboxylic acids is 1. The van der Waals surface area contributed by atoms with Crippen LogP contribution >= 0.6 is 11.6 Å². The average molecular weight is 475 g/mol. The number of nitrogens with one attached hydrogen (secondary N) is 2. The van der Waals surface area contributed by atoms with Gasteiger partial charge in [-0.15, -0.1) is 0 Å². The molecule has 33 heavy (non-hydrogen) atoms. The maximum Gasteiger partial charge on any atom is 0.323 e. The molecule has 3 N–H and O–H groups in total. The summed E-state index contributed by atoms with van der Waals surface area (Å²) in [6.45, 7) is 6.25. The first kappa shape index (κ1) is 24.8. The molecule has 178 valence electrons. The zero-order valence-electron chi connectivity index (χ0n) is 19.0. The van der Waals surface area contributed by atoms with Gasteiger partial charge in [0.05, 0.1) is 29.7 Å². The lowest BCUT2D eigenvalue weighted by atomic mass is 9.92. The summed E-state index contributed by atoms with van der Waals surface area (Å²) in [6, 6.07) is 9.02. The standard InChI is InChI=1S/C24H31ClN4O4/c1-3-16(14-23(30)31)17-5-7-21(29(4-2)19-9-11-33-12-10-19)20(13-17)28-24(32)27-18-6-8-22(25)26-15-18/h5-8,13,15-16,19H,3-4,9-12,14H2,1-2H3,(H,30,31)(H2,27,28,32)/t16-/m0/s1. The Morgan fingerprint density at radius 3 is 2.58 bits per heavy atom. The number of ether oxygens (including phenoxy) is 1. The molecule has 1 fully saturated rings. The SMILES string of the molecule is CC[C@@H](CC(=O)O)c1ccc(N(CC)C2CCOCC2)c(NC(=O)Nc2ccc(Cl)nc2)c1. The van der Waals surface area contributed by atoms with Gasteiger partial charge in [-0.25, -0.2) is 9.78 Å². The first-order chi connectivity index (χ1) is 15.9. The van der Waals surface area contributed by atoms with E-state index in [4.69, 9.17) is 16.3 Å². The lowest BCUT2D eigenvalue weighted by Crippen LogP contribution is -2.40. The molecule has 8 nitrogen and oxygen atoms in total. The zero-order valence-corrected chi connectivity index (χ0v) is 19.8. The van der Waals surface area contributed by atoms with E-state index in [1.54, 1.807) is 12.1 Å². The molecule has 1 aliphatic heterocycles. The van der Waals surface area contributed by atoms with Crippen LogP contribution in [0.25, 0.3) is 0 Å². The van der Waals surface area contributed by atoms with E-state index in [1.165, 1.54) is 6.20 Å². The van der Waals surface area contributed by atoms with Gasteiger partial charge in [-0.05, 0) is 61.9 Å². The molecule has 2 amide bonds. The van der Waals surface area contributed by atoms with Gasteiger partial charge in [-0.3, -0.25) is 4.79 Å². The van der Waals surface area contributed by atoms with Crippen molar-refractivity contribution in [3.05, 3.63) is 47.2 Å². The molecular weight excluding hydrogens is 444 g/mol. The minimum atomic E-state index is -0.842. The molecule has 9 heteroatoms. The third-order valence-corrected chi connectivity index (χ3v) is 6.14. The van der Waals surface area contributed by atoms with Crippen LogP contribution < -0.4 is 15.5 Å². The third kappa shape index (κ3) is 6.82. The van der Waals surface area contributed by atoms with E-state index in [2.05, 4.69) is 27.4 Å². The number of hydrogen-bond donors (Lipinski definition) is 3. The first-order valence-corrected chi connectivity index (χ1v) is 11.7. The van der Waals surface area contributed by atoms with Crippen LogP contribution in [-0.2, 0) is 9.53 Å². The Balaban J connectivity index is 1.91. The Labute approximate surface area is 199 Å². The van der Waals surface area contributed by atoms with Crippen LogP contribution in [0, 0.1) is 0 Å². The van der Waals surface area contributed by atoms with Crippen molar-refractivity contribution in [3.8, 4) is 0 Å².